The first-order chi connectivity index (χ1) is 37.5. The summed E-state index contributed by atoms with van der Waals surface area (Å²) in [4.78, 5) is 0. The van der Waals surface area contributed by atoms with Crippen LogP contribution in [-0.2, 0) is 71.8 Å². The Kier molecular flexibility index (Phi) is 18.2. The fourth-order valence-corrected chi connectivity index (χ4v) is 10.7. The van der Waals surface area contributed by atoms with Crippen molar-refractivity contribution in [2.24, 2.45) is 0 Å². The van der Waals surface area contributed by atoms with Crippen molar-refractivity contribution in [1.82, 2.24) is 0 Å². The van der Waals surface area contributed by atoms with Gasteiger partial charge >= 0.3 is 0 Å². The zero-order valence-electron chi connectivity index (χ0n) is 45.5. The smallest absolute Gasteiger partial charge is 0.167 e. The van der Waals surface area contributed by atoms with Gasteiger partial charge in [0.1, 0.15) is 0 Å². The van der Waals surface area contributed by atoms with E-state index in [1.165, 1.54) is 0 Å². The predicted octanol–water partition coefficient (Wildman–Crippen LogP) is 14.7. The van der Waals surface area contributed by atoms with Crippen molar-refractivity contribution in [3.05, 3.63) is 142 Å². The molecule has 2 aliphatic rings. The van der Waals surface area contributed by atoms with Crippen LogP contribution in [0.4, 0.5) is 0 Å². The van der Waals surface area contributed by atoms with Crippen LogP contribution < -0.4 is 37.9 Å². The molecular weight excluding hydrogens is 961 g/mol. The van der Waals surface area contributed by atoms with Gasteiger partial charge in [-0.1, -0.05) is 97.1 Å². The van der Waals surface area contributed by atoms with Crippen LogP contribution in [0.5, 0.6) is 46.0 Å². The Morgan fingerprint density at radius 1 is 0.224 bits per heavy atom. The maximum Gasteiger partial charge on any atom is 0.167 e. The quantitative estimate of drug-likeness (QED) is 0.0919. The minimum absolute atomic E-state index is 0.213. The average molecular weight is 1030 g/mol. The topological polar surface area (TPSA) is 111 Å². The molecule has 2 aliphatic heterocycles. The number of ether oxygens (including phenoxy) is 12. The van der Waals surface area contributed by atoms with Gasteiger partial charge in [-0.05, 0) is 98.5 Å². The third kappa shape index (κ3) is 10.7. The molecule has 0 spiro atoms. The van der Waals surface area contributed by atoms with E-state index in [9.17, 15) is 0 Å². The van der Waals surface area contributed by atoms with Crippen molar-refractivity contribution in [1.29, 1.82) is 0 Å². The largest absolute Gasteiger partial charge is 0.490 e. The van der Waals surface area contributed by atoms with Crippen molar-refractivity contribution >= 4 is 43.1 Å². The van der Waals surface area contributed by atoms with Crippen LogP contribution in [0.25, 0.3) is 43.1 Å². The molecule has 0 amide bonds. The normalized spacial score (nSPS) is 13.6. The third-order valence-corrected chi connectivity index (χ3v) is 13.6. The zero-order chi connectivity index (χ0) is 53.0. The number of benzene rings is 8. The zero-order valence-corrected chi connectivity index (χ0v) is 45.5. The second kappa shape index (κ2) is 25.7. The van der Waals surface area contributed by atoms with Crippen LogP contribution in [-0.4, -0.2) is 52.9 Å². The van der Waals surface area contributed by atoms with Crippen molar-refractivity contribution in [2.45, 2.75) is 108 Å². The van der Waals surface area contributed by atoms with Crippen molar-refractivity contribution in [3.8, 4) is 46.0 Å². The summed E-state index contributed by atoms with van der Waals surface area (Å²) in [6, 6.07) is 33.2. The molecule has 12 nitrogen and oxygen atoms in total. The monoisotopic (exact) mass is 1030 g/mol. The summed E-state index contributed by atoms with van der Waals surface area (Å²) in [6.07, 6.45) is 0. The van der Waals surface area contributed by atoms with Crippen LogP contribution in [0, 0.1) is 0 Å². The molecule has 2 heterocycles. The maximum atomic E-state index is 6.88. The highest BCUT2D eigenvalue weighted by molar-refractivity contribution is 5.96. The lowest BCUT2D eigenvalue weighted by atomic mass is 9.96. The molecule has 0 fully saturated rings. The third-order valence-electron chi connectivity index (χ3n) is 13.6. The Hall–Kier alpha value is -6.96. The maximum absolute atomic E-state index is 6.88. The van der Waals surface area contributed by atoms with Crippen LogP contribution in [0.2, 0.25) is 0 Å². The van der Waals surface area contributed by atoms with E-state index in [1.807, 2.05) is 104 Å². The van der Waals surface area contributed by atoms with E-state index in [2.05, 4.69) is 48.5 Å². The lowest BCUT2D eigenvalue weighted by molar-refractivity contribution is 0.0973. The lowest BCUT2D eigenvalue weighted by Crippen LogP contribution is -2.11. The van der Waals surface area contributed by atoms with Gasteiger partial charge in [-0.3, -0.25) is 0 Å². The molecule has 0 aromatic heterocycles. The van der Waals surface area contributed by atoms with Gasteiger partial charge in [-0.25, -0.2) is 0 Å². The first-order valence-electron chi connectivity index (χ1n) is 27.0. The van der Waals surface area contributed by atoms with Crippen LogP contribution >= 0.6 is 0 Å². The molecule has 8 aromatic rings. The molecule has 0 N–H and O–H groups in total. The molecule has 0 saturated carbocycles. The average Bonchev–Trinajstić information content (AvgIpc) is 3.46. The van der Waals surface area contributed by atoms with Gasteiger partial charge in [-0.2, -0.15) is 0 Å². The lowest BCUT2D eigenvalue weighted by Gasteiger charge is -2.25. The SMILES string of the molecule is CCOc1c(OCC)c2c3ccccc3c1COCc1c(OCC)c(OCC)c(c3ccccc13)COCc1c(OCC)c(OCC)c(c3ccccc13)COCc1c(OCC)c(OCC)c(c3ccccc13)COC2. The minimum Gasteiger partial charge on any atom is -0.490 e. The fourth-order valence-electron chi connectivity index (χ4n) is 10.7. The second-order valence-electron chi connectivity index (χ2n) is 18.1. The van der Waals surface area contributed by atoms with E-state index >= 15 is 0 Å². The molecule has 0 radical (unpaired) electrons. The Bertz CT molecular complexity index is 2640. The van der Waals surface area contributed by atoms with Crippen LogP contribution in [0.3, 0.4) is 0 Å². The van der Waals surface area contributed by atoms with E-state index in [-0.39, 0.29) is 52.9 Å². The summed E-state index contributed by atoms with van der Waals surface area (Å²) in [6.45, 7) is 20.9. The van der Waals surface area contributed by atoms with E-state index in [0.29, 0.717) is 98.9 Å². The highest BCUT2D eigenvalue weighted by atomic mass is 16.5. The van der Waals surface area contributed by atoms with Gasteiger partial charge in [0.05, 0.1) is 106 Å². The molecule has 8 bridgehead atoms. The molecule has 400 valence electrons. The van der Waals surface area contributed by atoms with Crippen molar-refractivity contribution < 1.29 is 56.8 Å². The summed E-state index contributed by atoms with van der Waals surface area (Å²) in [5, 5.41) is 7.82. The number of hydrogen-bond donors (Lipinski definition) is 0. The van der Waals surface area contributed by atoms with Crippen molar-refractivity contribution in [3.63, 3.8) is 0 Å². The van der Waals surface area contributed by atoms with Gasteiger partial charge < -0.3 is 56.8 Å². The summed E-state index contributed by atoms with van der Waals surface area (Å²) in [7, 11) is 0. The van der Waals surface area contributed by atoms with E-state index in [0.717, 1.165) is 87.6 Å². The van der Waals surface area contributed by atoms with Crippen LogP contribution in [0.1, 0.15) is 99.9 Å². The molecule has 0 atom stereocenters. The Morgan fingerprint density at radius 2 is 0.342 bits per heavy atom. The Morgan fingerprint density at radius 3 is 0.447 bits per heavy atom. The van der Waals surface area contributed by atoms with Gasteiger partial charge in [0.2, 0.25) is 0 Å². The summed E-state index contributed by atoms with van der Waals surface area (Å²) < 4.78 is 80.1. The number of hydrogen-bond acceptors (Lipinski definition) is 12. The number of fused-ring (bicyclic) bond motifs is 12. The molecule has 0 saturated heterocycles. The molecule has 0 unspecified atom stereocenters. The van der Waals surface area contributed by atoms with Crippen LogP contribution in [0.15, 0.2) is 97.1 Å². The summed E-state index contributed by atoms with van der Waals surface area (Å²) in [5.41, 5.74) is 6.99. The summed E-state index contributed by atoms with van der Waals surface area (Å²) in [5.74, 6) is 4.99. The minimum atomic E-state index is 0.213. The first-order valence-corrected chi connectivity index (χ1v) is 27.0. The predicted molar refractivity (Wildman–Crippen MR) is 299 cm³/mol. The molecule has 8 aromatic carbocycles. The Labute approximate surface area is 446 Å². The fraction of sp³-hybridized carbons (Fsp3) is 0.375. The van der Waals surface area contributed by atoms with Gasteiger partial charge in [0.15, 0.2) is 46.0 Å². The highest BCUT2D eigenvalue weighted by Gasteiger charge is 2.29. The number of rotatable bonds is 16. The first kappa shape index (κ1) is 53.9. The van der Waals surface area contributed by atoms with Gasteiger partial charge in [-0.15, -0.1) is 0 Å². The standard InChI is InChI=1S/C64H72O12/c1-9-69-57-49-33-65-35-51-43-27-19-20-28-44(43)53(61(73-13-5)59(51)71-11-3)37-67-39-55-47-31-23-24-32-48(47)56(64(76-16-8)63(55)75-15-7)40-68-38-54-46-30-22-21-29-45(46)52(60(72-12-4)62(54)74-14-6)36-66-34-50(58(57)70-10-2)42-26-18-17-25-41(42)49/h17-32H,9-16,33-40H2,1-8H3. The second-order valence-corrected chi connectivity index (χ2v) is 18.1. The van der Waals surface area contributed by atoms with Crippen molar-refractivity contribution in [2.75, 3.05) is 52.9 Å². The summed E-state index contributed by atoms with van der Waals surface area (Å²) >= 11 is 0. The van der Waals surface area contributed by atoms with Gasteiger partial charge in [0, 0.05) is 44.5 Å². The van der Waals surface area contributed by atoms with E-state index in [4.69, 9.17) is 56.8 Å². The molecule has 0 aliphatic carbocycles. The molecule has 12 heteroatoms. The van der Waals surface area contributed by atoms with E-state index in [1.54, 1.807) is 0 Å². The molecule has 10 rings (SSSR count). The van der Waals surface area contributed by atoms with E-state index < -0.39 is 0 Å². The molecular formula is C64H72O12. The van der Waals surface area contributed by atoms with Gasteiger partial charge in [0.25, 0.3) is 0 Å². The molecule has 76 heavy (non-hydrogen) atoms. The Balaban J connectivity index is 1.25. The highest BCUT2D eigenvalue weighted by Crippen LogP contribution is 2.49.